The molecule has 3 N–H and O–H groups in total. The molecule has 4 nitrogen and oxygen atoms in total. The van der Waals surface area contributed by atoms with E-state index in [1.165, 1.54) is 0 Å². The molecule has 0 bridgehead atoms. The van der Waals surface area contributed by atoms with Gasteiger partial charge in [0.05, 0.1) is 6.10 Å². The molecule has 0 heterocycles. The van der Waals surface area contributed by atoms with Crippen molar-refractivity contribution in [3.05, 3.63) is 35.9 Å². The van der Waals surface area contributed by atoms with E-state index >= 15 is 0 Å². The number of nitrogens with one attached hydrogen (secondary N) is 2. The summed E-state index contributed by atoms with van der Waals surface area (Å²) < 4.78 is 0. The number of carbonyl (C=O) groups is 1. The van der Waals surface area contributed by atoms with Gasteiger partial charge >= 0.3 is 6.03 Å². The zero-order chi connectivity index (χ0) is 15.0. The molecule has 1 aromatic rings. The fraction of sp³-hybridized carbons (Fsp3) is 0.562. The Morgan fingerprint density at radius 3 is 2.45 bits per heavy atom. The van der Waals surface area contributed by atoms with Gasteiger partial charge in [0, 0.05) is 19.0 Å². The predicted octanol–water partition coefficient (Wildman–Crippen LogP) is 2.32. The number of hydrogen-bond acceptors (Lipinski definition) is 2. The standard InChI is InChI=1S/C16H26N2O2/c1-12(2)9-13(3)18-16(20)17-11-15(19)10-14-7-5-4-6-8-14/h4-8,12-13,15,19H,9-11H2,1-3H3,(H2,17,18,20). The summed E-state index contributed by atoms with van der Waals surface area (Å²) in [7, 11) is 0. The molecule has 0 aromatic heterocycles. The van der Waals surface area contributed by atoms with Crippen LogP contribution in [0.1, 0.15) is 32.8 Å². The van der Waals surface area contributed by atoms with Crippen LogP contribution in [-0.2, 0) is 6.42 Å². The number of urea groups is 1. The van der Waals surface area contributed by atoms with Crippen molar-refractivity contribution in [3.63, 3.8) is 0 Å². The second-order valence-electron chi connectivity index (χ2n) is 5.73. The summed E-state index contributed by atoms with van der Waals surface area (Å²) in [6.07, 6.45) is 0.923. The Hall–Kier alpha value is -1.55. The third-order valence-corrected chi connectivity index (χ3v) is 3.01. The topological polar surface area (TPSA) is 61.4 Å². The van der Waals surface area contributed by atoms with E-state index in [1.54, 1.807) is 0 Å². The van der Waals surface area contributed by atoms with Gasteiger partial charge < -0.3 is 15.7 Å². The quantitative estimate of drug-likeness (QED) is 0.717. The van der Waals surface area contributed by atoms with Crippen molar-refractivity contribution >= 4 is 6.03 Å². The molecule has 0 saturated carbocycles. The van der Waals surface area contributed by atoms with Crippen LogP contribution in [0.2, 0.25) is 0 Å². The summed E-state index contributed by atoms with van der Waals surface area (Å²) in [5, 5.41) is 15.5. The Morgan fingerprint density at radius 2 is 1.85 bits per heavy atom. The van der Waals surface area contributed by atoms with Gasteiger partial charge in [0.1, 0.15) is 0 Å². The largest absolute Gasteiger partial charge is 0.391 e. The highest BCUT2D eigenvalue weighted by molar-refractivity contribution is 5.74. The molecular formula is C16H26N2O2. The summed E-state index contributed by atoms with van der Waals surface area (Å²) in [6.45, 7) is 6.49. The minimum Gasteiger partial charge on any atom is -0.391 e. The Bertz CT molecular complexity index is 393. The van der Waals surface area contributed by atoms with Crippen molar-refractivity contribution in [3.8, 4) is 0 Å². The zero-order valence-electron chi connectivity index (χ0n) is 12.6. The van der Waals surface area contributed by atoms with E-state index in [9.17, 15) is 9.90 Å². The van der Waals surface area contributed by atoms with Crippen LogP contribution >= 0.6 is 0 Å². The van der Waals surface area contributed by atoms with E-state index in [4.69, 9.17) is 0 Å². The Morgan fingerprint density at radius 1 is 1.20 bits per heavy atom. The number of rotatable bonds is 7. The number of amides is 2. The fourth-order valence-electron chi connectivity index (χ4n) is 2.21. The van der Waals surface area contributed by atoms with Crippen LogP contribution in [0.15, 0.2) is 30.3 Å². The normalized spacial score (nSPS) is 13.8. The summed E-state index contributed by atoms with van der Waals surface area (Å²) >= 11 is 0. The second kappa shape index (κ2) is 8.59. The average molecular weight is 278 g/mol. The minimum absolute atomic E-state index is 0.140. The van der Waals surface area contributed by atoms with Crippen LogP contribution in [0.25, 0.3) is 0 Å². The van der Waals surface area contributed by atoms with Gasteiger partial charge in [-0.05, 0) is 24.8 Å². The lowest BCUT2D eigenvalue weighted by atomic mass is 10.1. The number of aliphatic hydroxyl groups excluding tert-OH is 1. The number of aliphatic hydroxyl groups is 1. The molecule has 0 aliphatic heterocycles. The van der Waals surface area contributed by atoms with Gasteiger partial charge in [0.25, 0.3) is 0 Å². The first-order chi connectivity index (χ1) is 9.47. The van der Waals surface area contributed by atoms with Gasteiger partial charge in [-0.3, -0.25) is 0 Å². The highest BCUT2D eigenvalue weighted by atomic mass is 16.3. The van der Waals surface area contributed by atoms with Crippen molar-refractivity contribution in [2.24, 2.45) is 5.92 Å². The molecule has 0 aliphatic rings. The zero-order valence-corrected chi connectivity index (χ0v) is 12.6. The lowest BCUT2D eigenvalue weighted by Gasteiger charge is -2.17. The molecule has 20 heavy (non-hydrogen) atoms. The van der Waals surface area contributed by atoms with Crippen molar-refractivity contribution in [2.75, 3.05) is 6.54 Å². The molecule has 0 spiro atoms. The maximum Gasteiger partial charge on any atom is 0.315 e. The number of benzene rings is 1. The van der Waals surface area contributed by atoms with Crippen molar-refractivity contribution in [1.82, 2.24) is 10.6 Å². The first-order valence-corrected chi connectivity index (χ1v) is 7.23. The third kappa shape index (κ3) is 7.14. The van der Waals surface area contributed by atoms with E-state index < -0.39 is 6.10 Å². The van der Waals surface area contributed by atoms with Crippen LogP contribution in [0.3, 0.4) is 0 Å². The molecule has 0 aliphatic carbocycles. The van der Waals surface area contributed by atoms with Gasteiger partial charge in [-0.1, -0.05) is 44.2 Å². The first kappa shape index (κ1) is 16.5. The highest BCUT2D eigenvalue weighted by Gasteiger charge is 2.11. The van der Waals surface area contributed by atoms with E-state index in [1.807, 2.05) is 37.3 Å². The Labute approximate surface area is 121 Å². The fourth-order valence-corrected chi connectivity index (χ4v) is 2.21. The van der Waals surface area contributed by atoms with Gasteiger partial charge in [-0.2, -0.15) is 0 Å². The van der Waals surface area contributed by atoms with E-state index in [0.29, 0.717) is 12.3 Å². The second-order valence-corrected chi connectivity index (χ2v) is 5.73. The van der Waals surface area contributed by atoms with Crippen LogP contribution in [0, 0.1) is 5.92 Å². The van der Waals surface area contributed by atoms with Crippen molar-refractivity contribution in [2.45, 2.75) is 45.8 Å². The molecule has 2 atom stereocenters. The van der Waals surface area contributed by atoms with Crippen molar-refractivity contribution in [1.29, 1.82) is 0 Å². The van der Waals surface area contributed by atoms with Gasteiger partial charge in [0.15, 0.2) is 0 Å². The van der Waals surface area contributed by atoms with E-state index in [2.05, 4.69) is 24.5 Å². The van der Waals surface area contributed by atoms with Gasteiger partial charge in [0.2, 0.25) is 0 Å². The summed E-state index contributed by atoms with van der Waals surface area (Å²) in [5.74, 6) is 0.550. The molecule has 112 valence electrons. The lowest BCUT2D eigenvalue weighted by Crippen LogP contribution is -2.44. The number of carbonyl (C=O) groups excluding carboxylic acids is 1. The van der Waals surface area contributed by atoms with Gasteiger partial charge in [-0.15, -0.1) is 0 Å². The maximum atomic E-state index is 11.7. The van der Waals surface area contributed by atoms with Crippen LogP contribution in [0.4, 0.5) is 4.79 Å². The molecular weight excluding hydrogens is 252 g/mol. The molecule has 4 heteroatoms. The summed E-state index contributed by atoms with van der Waals surface area (Å²) in [6, 6.07) is 9.68. The molecule has 0 saturated heterocycles. The summed E-state index contributed by atoms with van der Waals surface area (Å²) in [5.41, 5.74) is 1.07. The van der Waals surface area contributed by atoms with E-state index in [0.717, 1.165) is 12.0 Å². The maximum absolute atomic E-state index is 11.7. The van der Waals surface area contributed by atoms with Crippen LogP contribution in [0.5, 0.6) is 0 Å². The van der Waals surface area contributed by atoms with Crippen LogP contribution < -0.4 is 10.6 Å². The Balaban J connectivity index is 2.23. The van der Waals surface area contributed by atoms with Gasteiger partial charge in [-0.25, -0.2) is 4.79 Å². The average Bonchev–Trinajstić information content (AvgIpc) is 2.36. The number of hydrogen-bond donors (Lipinski definition) is 3. The monoisotopic (exact) mass is 278 g/mol. The van der Waals surface area contributed by atoms with Crippen molar-refractivity contribution < 1.29 is 9.90 Å². The molecule has 1 rings (SSSR count). The first-order valence-electron chi connectivity index (χ1n) is 7.23. The Kier molecular flexibility index (Phi) is 7.09. The third-order valence-electron chi connectivity index (χ3n) is 3.01. The van der Waals surface area contributed by atoms with Crippen LogP contribution in [-0.4, -0.2) is 29.8 Å². The molecule has 2 unspecified atom stereocenters. The minimum atomic E-state index is -0.566. The molecule has 1 aromatic carbocycles. The van der Waals surface area contributed by atoms with E-state index in [-0.39, 0.29) is 18.6 Å². The summed E-state index contributed by atoms with van der Waals surface area (Å²) in [4.78, 5) is 11.7. The lowest BCUT2D eigenvalue weighted by molar-refractivity contribution is 0.170. The SMILES string of the molecule is CC(C)CC(C)NC(=O)NCC(O)Cc1ccccc1. The molecule has 0 radical (unpaired) electrons. The molecule has 2 amide bonds. The highest BCUT2D eigenvalue weighted by Crippen LogP contribution is 2.04. The smallest absolute Gasteiger partial charge is 0.315 e. The predicted molar refractivity (Wildman–Crippen MR) is 81.6 cm³/mol. The molecule has 0 fully saturated rings.